The molecular weight excluding hydrogens is 404 g/mol. The summed E-state index contributed by atoms with van der Waals surface area (Å²) in [5.74, 6) is -0.205. The first kappa shape index (κ1) is 21.3. The zero-order chi connectivity index (χ0) is 21.5. The number of ketones is 1. The topological polar surface area (TPSA) is 93.1 Å². The summed E-state index contributed by atoms with van der Waals surface area (Å²) in [5.41, 5.74) is 1.61. The molecule has 0 atom stereocenters. The standard InChI is InChI=1S/C22H21ClN4O3/c1-27-14-13-24-21(27)20(29)15-6-10-18(11-7-15)26-19(28)3-2-12-25-22(30)16-4-8-17(23)9-5-16/h4-11,13-14H,2-3,12H2,1H3,(H,25,30)(H,26,28). The number of hydrogen-bond acceptors (Lipinski definition) is 4. The molecule has 3 rings (SSSR count). The Morgan fingerprint density at radius 1 is 1.00 bits per heavy atom. The van der Waals surface area contributed by atoms with Crippen LogP contribution in [-0.4, -0.2) is 33.7 Å². The van der Waals surface area contributed by atoms with Crippen molar-refractivity contribution in [1.82, 2.24) is 14.9 Å². The fourth-order valence-corrected chi connectivity index (χ4v) is 2.92. The molecule has 0 fully saturated rings. The lowest BCUT2D eigenvalue weighted by Gasteiger charge is -2.08. The predicted octanol–water partition coefficient (Wildman–Crippen LogP) is 3.45. The van der Waals surface area contributed by atoms with Gasteiger partial charge in [-0.3, -0.25) is 14.4 Å². The highest BCUT2D eigenvalue weighted by molar-refractivity contribution is 6.30. The minimum Gasteiger partial charge on any atom is -0.352 e. The van der Waals surface area contributed by atoms with Gasteiger partial charge in [-0.1, -0.05) is 11.6 Å². The predicted molar refractivity (Wildman–Crippen MR) is 115 cm³/mol. The van der Waals surface area contributed by atoms with Gasteiger partial charge in [0.1, 0.15) is 0 Å². The first-order valence-electron chi connectivity index (χ1n) is 9.40. The van der Waals surface area contributed by atoms with Crippen LogP contribution in [0.1, 0.15) is 39.4 Å². The lowest BCUT2D eigenvalue weighted by Crippen LogP contribution is -2.25. The van der Waals surface area contributed by atoms with Crippen molar-refractivity contribution >= 4 is 34.9 Å². The minimum atomic E-state index is -0.208. The van der Waals surface area contributed by atoms with E-state index in [1.54, 1.807) is 72.5 Å². The van der Waals surface area contributed by atoms with E-state index in [2.05, 4.69) is 15.6 Å². The van der Waals surface area contributed by atoms with Crippen LogP contribution in [0.5, 0.6) is 0 Å². The zero-order valence-corrected chi connectivity index (χ0v) is 17.1. The van der Waals surface area contributed by atoms with Gasteiger partial charge in [-0.15, -0.1) is 0 Å². The zero-order valence-electron chi connectivity index (χ0n) is 16.4. The fourth-order valence-electron chi connectivity index (χ4n) is 2.80. The molecule has 0 unspecified atom stereocenters. The number of carbonyl (C=O) groups excluding carboxylic acids is 3. The Morgan fingerprint density at radius 2 is 1.67 bits per heavy atom. The average Bonchev–Trinajstić information content (AvgIpc) is 3.17. The highest BCUT2D eigenvalue weighted by atomic mass is 35.5. The molecule has 2 N–H and O–H groups in total. The average molecular weight is 425 g/mol. The van der Waals surface area contributed by atoms with Gasteiger partial charge in [-0.2, -0.15) is 0 Å². The van der Waals surface area contributed by atoms with E-state index in [-0.39, 0.29) is 24.0 Å². The number of benzene rings is 2. The molecule has 0 aliphatic heterocycles. The van der Waals surface area contributed by atoms with E-state index >= 15 is 0 Å². The summed E-state index contributed by atoms with van der Waals surface area (Å²) in [6.07, 6.45) is 4.04. The maximum atomic E-state index is 12.4. The van der Waals surface area contributed by atoms with E-state index in [9.17, 15) is 14.4 Å². The Kier molecular flexibility index (Phi) is 6.98. The maximum Gasteiger partial charge on any atom is 0.251 e. The van der Waals surface area contributed by atoms with Crippen LogP contribution in [0.4, 0.5) is 5.69 Å². The van der Waals surface area contributed by atoms with Crippen molar-refractivity contribution in [2.24, 2.45) is 7.05 Å². The number of carbonyl (C=O) groups is 3. The Hall–Kier alpha value is -3.45. The third-order valence-corrected chi connectivity index (χ3v) is 4.68. The van der Waals surface area contributed by atoms with Gasteiger partial charge in [0.15, 0.2) is 5.82 Å². The molecule has 2 aromatic carbocycles. The van der Waals surface area contributed by atoms with E-state index in [0.29, 0.717) is 40.6 Å². The monoisotopic (exact) mass is 424 g/mol. The number of nitrogens with one attached hydrogen (secondary N) is 2. The number of imidazole rings is 1. The number of aromatic nitrogens is 2. The molecular formula is C22H21ClN4O3. The van der Waals surface area contributed by atoms with Crippen LogP contribution in [0.15, 0.2) is 60.9 Å². The number of aryl methyl sites for hydroxylation is 1. The largest absolute Gasteiger partial charge is 0.352 e. The second-order valence-corrected chi connectivity index (χ2v) is 7.12. The van der Waals surface area contributed by atoms with E-state index in [1.807, 2.05) is 0 Å². The molecule has 154 valence electrons. The number of nitrogens with zero attached hydrogens (tertiary/aromatic N) is 2. The molecule has 3 aromatic rings. The smallest absolute Gasteiger partial charge is 0.251 e. The molecule has 30 heavy (non-hydrogen) atoms. The van der Waals surface area contributed by atoms with Crippen LogP contribution < -0.4 is 10.6 Å². The lowest BCUT2D eigenvalue weighted by atomic mass is 10.1. The summed E-state index contributed by atoms with van der Waals surface area (Å²) in [5, 5.41) is 6.12. The number of amides is 2. The van der Waals surface area contributed by atoms with Crippen molar-refractivity contribution in [2.45, 2.75) is 12.8 Å². The number of halogens is 1. The first-order valence-corrected chi connectivity index (χ1v) is 9.77. The molecule has 1 heterocycles. The van der Waals surface area contributed by atoms with Crippen LogP contribution in [-0.2, 0) is 11.8 Å². The summed E-state index contributed by atoms with van der Waals surface area (Å²) >= 11 is 5.80. The van der Waals surface area contributed by atoms with Crippen LogP contribution in [0.3, 0.4) is 0 Å². The van der Waals surface area contributed by atoms with Gasteiger partial charge in [0, 0.05) is 54.2 Å². The van der Waals surface area contributed by atoms with E-state index in [0.717, 1.165) is 0 Å². The molecule has 1 aromatic heterocycles. The second kappa shape index (κ2) is 9.84. The van der Waals surface area contributed by atoms with E-state index in [1.165, 1.54) is 0 Å². The highest BCUT2D eigenvalue weighted by Crippen LogP contribution is 2.13. The summed E-state index contributed by atoms with van der Waals surface area (Å²) < 4.78 is 1.66. The molecule has 0 bridgehead atoms. The fraction of sp³-hybridized carbons (Fsp3) is 0.182. The molecule has 0 saturated carbocycles. The second-order valence-electron chi connectivity index (χ2n) is 6.68. The number of hydrogen-bond donors (Lipinski definition) is 2. The van der Waals surface area contributed by atoms with Gasteiger partial charge in [0.2, 0.25) is 11.7 Å². The van der Waals surface area contributed by atoms with Crippen LogP contribution >= 0.6 is 11.6 Å². The molecule has 8 heteroatoms. The molecule has 0 aliphatic rings. The molecule has 0 spiro atoms. The van der Waals surface area contributed by atoms with E-state index in [4.69, 9.17) is 11.6 Å². The SMILES string of the molecule is Cn1ccnc1C(=O)c1ccc(NC(=O)CCCNC(=O)c2ccc(Cl)cc2)cc1. The first-order chi connectivity index (χ1) is 14.4. The lowest BCUT2D eigenvalue weighted by molar-refractivity contribution is -0.116. The Morgan fingerprint density at radius 3 is 2.30 bits per heavy atom. The van der Waals surface area contributed by atoms with Gasteiger partial charge in [0.25, 0.3) is 5.91 Å². The summed E-state index contributed by atoms with van der Waals surface area (Å²) in [6.45, 7) is 0.381. The highest BCUT2D eigenvalue weighted by Gasteiger charge is 2.13. The van der Waals surface area contributed by atoms with E-state index < -0.39 is 0 Å². The quantitative estimate of drug-likeness (QED) is 0.428. The third kappa shape index (κ3) is 5.55. The third-order valence-electron chi connectivity index (χ3n) is 4.43. The van der Waals surface area contributed by atoms with Crippen LogP contribution in [0.2, 0.25) is 5.02 Å². The minimum absolute atomic E-state index is 0.168. The van der Waals surface area contributed by atoms with Crippen molar-refractivity contribution in [2.75, 3.05) is 11.9 Å². The molecule has 0 aliphatic carbocycles. The van der Waals surface area contributed by atoms with Gasteiger partial charge >= 0.3 is 0 Å². The number of anilines is 1. The van der Waals surface area contributed by atoms with Gasteiger partial charge in [-0.05, 0) is 55.0 Å². The molecule has 7 nitrogen and oxygen atoms in total. The molecule has 0 saturated heterocycles. The van der Waals surface area contributed by atoms with Gasteiger partial charge in [-0.25, -0.2) is 4.98 Å². The Bertz CT molecular complexity index is 1040. The normalized spacial score (nSPS) is 10.5. The summed E-state index contributed by atoms with van der Waals surface area (Å²) in [6, 6.07) is 13.3. The van der Waals surface area contributed by atoms with Crippen molar-refractivity contribution < 1.29 is 14.4 Å². The van der Waals surface area contributed by atoms with Crippen molar-refractivity contribution in [1.29, 1.82) is 0 Å². The molecule has 0 radical (unpaired) electrons. The van der Waals surface area contributed by atoms with Crippen molar-refractivity contribution in [3.8, 4) is 0 Å². The number of rotatable bonds is 8. The maximum absolute atomic E-state index is 12.4. The summed E-state index contributed by atoms with van der Waals surface area (Å²) in [7, 11) is 1.76. The Labute approximate surface area is 179 Å². The van der Waals surface area contributed by atoms with Crippen molar-refractivity contribution in [3.05, 3.63) is 82.9 Å². The van der Waals surface area contributed by atoms with Crippen LogP contribution in [0.25, 0.3) is 0 Å². The van der Waals surface area contributed by atoms with Crippen molar-refractivity contribution in [3.63, 3.8) is 0 Å². The van der Waals surface area contributed by atoms with Crippen LogP contribution in [0, 0.1) is 0 Å². The Balaban J connectivity index is 1.42. The van der Waals surface area contributed by atoms with Gasteiger partial charge in [0.05, 0.1) is 0 Å². The van der Waals surface area contributed by atoms with Gasteiger partial charge < -0.3 is 15.2 Å². The molecule has 2 amide bonds. The summed E-state index contributed by atoms with van der Waals surface area (Å²) in [4.78, 5) is 40.5.